The third-order valence-electron chi connectivity index (χ3n) is 4.49. The molecule has 19 heavy (non-hydrogen) atoms. The van der Waals surface area contributed by atoms with Crippen molar-refractivity contribution in [3.63, 3.8) is 0 Å². The van der Waals surface area contributed by atoms with Crippen molar-refractivity contribution >= 4 is 17.5 Å². The molecule has 3 rings (SSSR count). The molecule has 1 aromatic rings. The molecule has 1 aliphatic heterocycles. The fourth-order valence-electron chi connectivity index (χ4n) is 3.52. The average molecular weight is 279 g/mol. The highest BCUT2D eigenvalue weighted by Gasteiger charge is 2.42. The SMILES string of the molecule is Cc1cc(Cl)cc(C(=O)N2CC3CCC(N)C3C2)c1. The molecule has 1 saturated heterocycles. The highest BCUT2D eigenvalue weighted by Crippen LogP contribution is 2.37. The number of carbonyl (C=O) groups is 1. The van der Waals surface area contributed by atoms with E-state index in [1.807, 2.05) is 24.0 Å². The molecule has 4 heteroatoms. The fourth-order valence-corrected chi connectivity index (χ4v) is 3.81. The Bertz CT molecular complexity index is 497. The molecule has 0 bridgehead atoms. The average Bonchev–Trinajstić information content (AvgIpc) is 2.90. The topological polar surface area (TPSA) is 46.3 Å². The molecule has 2 N–H and O–H groups in total. The molecule has 1 aliphatic carbocycles. The van der Waals surface area contributed by atoms with Crippen LogP contribution in [-0.4, -0.2) is 29.9 Å². The van der Waals surface area contributed by atoms with Crippen LogP contribution in [0.25, 0.3) is 0 Å². The molecule has 2 aliphatic rings. The zero-order chi connectivity index (χ0) is 13.6. The van der Waals surface area contributed by atoms with Crippen LogP contribution in [0, 0.1) is 18.8 Å². The summed E-state index contributed by atoms with van der Waals surface area (Å²) in [5.41, 5.74) is 7.82. The Morgan fingerprint density at radius 3 is 2.79 bits per heavy atom. The van der Waals surface area contributed by atoms with Crippen molar-refractivity contribution in [1.82, 2.24) is 4.90 Å². The highest BCUT2D eigenvalue weighted by atomic mass is 35.5. The first-order valence-electron chi connectivity index (χ1n) is 6.86. The smallest absolute Gasteiger partial charge is 0.253 e. The number of benzene rings is 1. The molecule has 3 nitrogen and oxygen atoms in total. The van der Waals surface area contributed by atoms with Crippen molar-refractivity contribution < 1.29 is 4.79 Å². The van der Waals surface area contributed by atoms with Gasteiger partial charge in [0.05, 0.1) is 0 Å². The van der Waals surface area contributed by atoms with Gasteiger partial charge in [0, 0.05) is 29.7 Å². The summed E-state index contributed by atoms with van der Waals surface area (Å²) in [7, 11) is 0. The van der Waals surface area contributed by atoms with E-state index in [0.717, 1.165) is 31.5 Å². The number of nitrogens with two attached hydrogens (primary N) is 1. The van der Waals surface area contributed by atoms with Crippen LogP contribution >= 0.6 is 11.6 Å². The second kappa shape index (κ2) is 4.80. The van der Waals surface area contributed by atoms with Gasteiger partial charge in [-0.25, -0.2) is 0 Å². The Hall–Kier alpha value is -1.06. The van der Waals surface area contributed by atoms with Crippen LogP contribution in [0.3, 0.4) is 0 Å². The number of amides is 1. The Morgan fingerprint density at radius 2 is 2.11 bits per heavy atom. The summed E-state index contributed by atoms with van der Waals surface area (Å²) in [5, 5.41) is 0.624. The molecule has 1 heterocycles. The summed E-state index contributed by atoms with van der Waals surface area (Å²) in [5.74, 6) is 1.18. The number of hydrogen-bond acceptors (Lipinski definition) is 2. The lowest BCUT2D eigenvalue weighted by atomic mass is 9.98. The van der Waals surface area contributed by atoms with Crippen LogP contribution in [-0.2, 0) is 0 Å². The fraction of sp³-hybridized carbons (Fsp3) is 0.533. The number of hydrogen-bond donors (Lipinski definition) is 1. The summed E-state index contributed by atoms with van der Waals surface area (Å²) in [6.45, 7) is 3.61. The lowest BCUT2D eigenvalue weighted by Gasteiger charge is -2.19. The van der Waals surface area contributed by atoms with Gasteiger partial charge < -0.3 is 10.6 Å². The van der Waals surface area contributed by atoms with E-state index in [1.54, 1.807) is 6.07 Å². The van der Waals surface area contributed by atoms with Crippen LogP contribution in [0.2, 0.25) is 5.02 Å². The van der Waals surface area contributed by atoms with Crippen molar-refractivity contribution in [2.45, 2.75) is 25.8 Å². The lowest BCUT2D eigenvalue weighted by molar-refractivity contribution is 0.0779. The Labute approximate surface area is 118 Å². The molecule has 3 atom stereocenters. The van der Waals surface area contributed by atoms with Crippen molar-refractivity contribution in [3.8, 4) is 0 Å². The van der Waals surface area contributed by atoms with Gasteiger partial charge >= 0.3 is 0 Å². The van der Waals surface area contributed by atoms with Gasteiger partial charge in [-0.3, -0.25) is 4.79 Å². The van der Waals surface area contributed by atoms with E-state index in [0.29, 0.717) is 22.4 Å². The maximum Gasteiger partial charge on any atom is 0.253 e. The molecule has 0 aromatic heterocycles. The van der Waals surface area contributed by atoms with Gasteiger partial charge in [-0.2, -0.15) is 0 Å². The third-order valence-corrected chi connectivity index (χ3v) is 4.71. The summed E-state index contributed by atoms with van der Waals surface area (Å²) >= 11 is 6.03. The van der Waals surface area contributed by atoms with Crippen LogP contribution in [0.15, 0.2) is 18.2 Å². The molecule has 2 fully saturated rings. The first kappa shape index (κ1) is 12.9. The zero-order valence-electron chi connectivity index (χ0n) is 11.1. The minimum absolute atomic E-state index is 0.0900. The summed E-state index contributed by atoms with van der Waals surface area (Å²) in [6.07, 6.45) is 2.26. The van der Waals surface area contributed by atoms with Gasteiger partial charge in [0.1, 0.15) is 0 Å². The van der Waals surface area contributed by atoms with Crippen molar-refractivity contribution in [2.24, 2.45) is 17.6 Å². The zero-order valence-corrected chi connectivity index (χ0v) is 11.9. The quantitative estimate of drug-likeness (QED) is 0.858. The monoisotopic (exact) mass is 278 g/mol. The minimum Gasteiger partial charge on any atom is -0.338 e. The predicted molar refractivity (Wildman–Crippen MR) is 76.3 cm³/mol. The minimum atomic E-state index is 0.0900. The maximum atomic E-state index is 12.5. The number of likely N-dealkylation sites (tertiary alicyclic amines) is 1. The number of fused-ring (bicyclic) bond motifs is 1. The molecule has 0 radical (unpaired) electrons. The number of nitrogens with zero attached hydrogens (tertiary/aromatic N) is 1. The number of rotatable bonds is 1. The van der Waals surface area contributed by atoms with Crippen molar-refractivity contribution in [2.75, 3.05) is 13.1 Å². The highest BCUT2D eigenvalue weighted by molar-refractivity contribution is 6.31. The van der Waals surface area contributed by atoms with Gasteiger partial charge in [-0.05, 0) is 55.4 Å². The van der Waals surface area contributed by atoms with E-state index in [2.05, 4.69) is 0 Å². The summed E-state index contributed by atoms with van der Waals surface area (Å²) < 4.78 is 0. The van der Waals surface area contributed by atoms with Gasteiger partial charge in [0.25, 0.3) is 5.91 Å². The Kier molecular flexibility index (Phi) is 3.27. The molecule has 102 valence electrons. The number of carbonyl (C=O) groups excluding carboxylic acids is 1. The molecule has 1 amide bonds. The maximum absolute atomic E-state index is 12.5. The van der Waals surface area contributed by atoms with Crippen molar-refractivity contribution in [3.05, 3.63) is 34.3 Å². The van der Waals surface area contributed by atoms with E-state index in [4.69, 9.17) is 17.3 Å². The van der Waals surface area contributed by atoms with E-state index in [9.17, 15) is 4.79 Å². The summed E-state index contributed by atoms with van der Waals surface area (Å²) in [4.78, 5) is 14.5. The molecule has 3 unspecified atom stereocenters. The van der Waals surface area contributed by atoms with Gasteiger partial charge in [-0.1, -0.05) is 11.6 Å². The van der Waals surface area contributed by atoms with E-state index in [1.165, 1.54) is 0 Å². The normalized spacial score (nSPS) is 29.6. The molecule has 1 aromatic carbocycles. The Balaban J connectivity index is 1.78. The largest absolute Gasteiger partial charge is 0.338 e. The van der Waals surface area contributed by atoms with E-state index in [-0.39, 0.29) is 11.9 Å². The van der Waals surface area contributed by atoms with Gasteiger partial charge in [0.15, 0.2) is 0 Å². The van der Waals surface area contributed by atoms with Gasteiger partial charge in [0.2, 0.25) is 0 Å². The van der Waals surface area contributed by atoms with Crippen molar-refractivity contribution in [1.29, 1.82) is 0 Å². The third kappa shape index (κ3) is 2.37. The number of halogens is 1. The molecule has 1 saturated carbocycles. The van der Waals surface area contributed by atoms with Crippen LogP contribution < -0.4 is 5.73 Å². The standard InChI is InChI=1S/C15H19ClN2O/c1-9-4-11(6-12(16)5-9)15(19)18-7-10-2-3-14(17)13(10)8-18/h4-6,10,13-14H,2-3,7-8,17H2,1H3. The van der Waals surface area contributed by atoms with E-state index >= 15 is 0 Å². The molecule has 0 spiro atoms. The predicted octanol–water partition coefficient (Wildman–Crippen LogP) is 2.46. The summed E-state index contributed by atoms with van der Waals surface area (Å²) in [6, 6.07) is 5.80. The van der Waals surface area contributed by atoms with Gasteiger partial charge in [-0.15, -0.1) is 0 Å². The second-order valence-corrected chi connectivity index (χ2v) is 6.33. The Morgan fingerprint density at radius 1 is 1.32 bits per heavy atom. The number of aryl methyl sites for hydroxylation is 1. The van der Waals surface area contributed by atoms with Crippen LogP contribution in [0.1, 0.15) is 28.8 Å². The molecular formula is C15H19ClN2O. The van der Waals surface area contributed by atoms with E-state index < -0.39 is 0 Å². The van der Waals surface area contributed by atoms with Crippen LogP contribution in [0.4, 0.5) is 0 Å². The first-order chi connectivity index (χ1) is 9.04. The lowest BCUT2D eigenvalue weighted by Crippen LogP contribution is -2.33. The van der Waals surface area contributed by atoms with Crippen LogP contribution in [0.5, 0.6) is 0 Å². The first-order valence-corrected chi connectivity index (χ1v) is 7.24. The second-order valence-electron chi connectivity index (χ2n) is 5.89. The molecular weight excluding hydrogens is 260 g/mol.